The van der Waals surface area contributed by atoms with Gasteiger partial charge in [-0.15, -0.1) is 0 Å². The molecule has 0 aromatic rings. The van der Waals surface area contributed by atoms with Crippen molar-refractivity contribution >= 4 is 0 Å². The van der Waals surface area contributed by atoms with Gasteiger partial charge in [0.2, 0.25) is 0 Å². The van der Waals surface area contributed by atoms with E-state index in [-0.39, 0.29) is 13.2 Å². The molecule has 142 valence electrons. The van der Waals surface area contributed by atoms with Crippen LogP contribution in [0.15, 0.2) is 12.2 Å². The Morgan fingerprint density at radius 3 is 2.25 bits per heavy atom. The van der Waals surface area contributed by atoms with Crippen LogP contribution in [-0.4, -0.2) is 59.6 Å². The Bertz CT molecular complexity index is 321. The maximum Gasteiger partial charge on any atom is 0.114 e. The van der Waals surface area contributed by atoms with Gasteiger partial charge >= 0.3 is 0 Å². The summed E-state index contributed by atoms with van der Waals surface area (Å²) in [5.41, 5.74) is 0. The minimum Gasteiger partial charge on any atom is -0.394 e. The van der Waals surface area contributed by atoms with Gasteiger partial charge in [0.25, 0.3) is 0 Å². The fraction of sp³-hybridized carbons (Fsp3) is 0.895. The van der Waals surface area contributed by atoms with Gasteiger partial charge in [-0.25, -0.2) is 0 Å². The summed E-state index contributed by atoms with van der Waals surface area (Å²) in [4.78, 5) is 0. The topological polar surface area (TPSA) is 79.2 Å². The Morgan fingerprint density at radius 1 is 1.04 bits per heavy atom. The van der Waals surface area contributed by atoms with Gasteiger partial charge < -0.3 is 24.8 Å². The third-order valence-electron chi connectivity index (χ3n) is 4.47. The fourth-order valence-corrected chi connectivity index (χ4v) is 2.90. The van der Waals surface area contributed by atoms with E-state index in [2.05, 4.69) is 19.1 Å². The predicted octanol–water partition coefficient (Wildman–Crippen LogP) is 2.57. The summed E-state index contributed by atoms with van der Waals surface area (Å²) >= 11 is 0. The van der Waals surface area contributed by atoms with Crippen molar-refractivity contribution in [1.29, 1.82) is 0 Å². The molecule has 3 N–H and O–H groups in total. The Labute approximate surface area is 146 Å². The normalized spacial score (nSPS) is 25.6. The zero-order valence-electron chi connectivity index (χ0n) is 15.1. The summed E-state index contributed by atoms with van der Waals surface area (Å²) in [5.74, 6) is 0. The van der Waals surface area contributed by atoms with Crippen LogP contribution in [0.2, 0.25) is 0 Å². The molecular formula is C19H36O5. The lowest BCUT2D eigenvalue weighted by Crippen LogP contribution is -2.42. The van der Waals surface area contributed by atoms with E-state index in [0.717, 1.165) is 25.7 Å². The molecule has 0 bridgehead atoms. The summed E-state index contributed by atoms with van der Waals surface area (Å²) in [6.45, 7) is 2.65. The molecule has 0 saturated carbocycles. The highest BCUT2D eigenvalue weighted by Gasteiger charge is 2.40. The smallest absolute Gasteiger partial charge is 0.114 e. The van der Waals surface area contributed by atoms with Gasteiger partial charge in [-0.1, -0.05) is 44.8 Å². The zero-order valence-corrected chi connectivity index (χ0v) is 15.1. The van der Waals surface area contributed by atoms with Crippen LogP contribution >= 0.6 is 0 Å². The molecule has 1 aliphatic rings. The van der Waals surface area contributed by atoms with Crippen LogP contribution in [0.25, 0.3) is 0 Å². The second-order valence-corrected chi connectivity index (χ2v) is 6.62. The number of allylic oxidation sites excluding steroid dienone is 2. The predicted molar refractivity (Wildman–Crippen MR) is 94.9 cm³/mol. The summed E-state index contributed by atoms with van der Waals surface area (Å²) in [5, 5.41) is 28.6. The second kappa shape index (κ2) is 13.8. The minimum atomic E-state index is -0.982. The number of hydrogen-bond donors (Lipinski definition) is 3. The number of unbranched alkanes of at least 4 members (excludes halogenated alkanes) is 7. The van der Waals surface area contributed by atoms with Crippen molar-refractivity contribution in [1.82, 2.24) is 0 Å². The molecule has 5 heteroatoms. The van der Waals surface area contributed by atoms with Gasteiger partial charge in [-0.2, -0.15) is 0 Å². The summed E-state index contributed by atoms with van der Waals surface area (Å²) in [6, 6.07) is 0. The summed E-state index contributed by atoms with van der Waals surface area (Å²) < 4.78 is 10.9. The standard InChI is InChI=1S/C19H36O5/c1-2-3-4-5-6-7-8-9-10-11-12-13-23-17(14-20)19-18(22)16(21)15-24-19/h7-8,16-22H,2-6,9-15H2,1H3/b8-7+/t16-,17+,18+,19+/m0/s1. The van der Waals surface area contributed by atoms with Gasteiger partial charge in [-0.05, 0) is 32.1 Å². The van der Waals surface area contributed by atoms with Gasteiger partial charge in [0.05, 0.1) is 13.2 Å². The molecule has 0 radical (unpaired) electrons. The highest BCUT2D eigenvalue weighted by atomic mass is 16.6. The molecule has 1 saturated heterocycles. The largest absolute Gasteiger partial charge is 0.394 e. The summed E-state index contributed by atoms with van der Waals surface area (Å²) in [7, 11) is 0. The van der Waals surface area contributed by atoms with E-state index in [1.165, 1.54) is 32.1 Å². The molecule has 0 aliphatic carbocycles. The molecule has 0 amide bonds. The van der Waals surface area contributed by atoms with Gasteiger partial charge in [-0.3, -0.25) is 0 Å². The first-order valence-electron chi connectivity index (χ1n) is 9.55. The first-order valence-corrected chi connectivity index (χ1v) is 9.55. The SMILES string of the molecule is CCCCCC/C=C/CCCCCO[C@H](CO)[C@H]1OC[C@H](O)[C@H]1O. The van der Waals surface area contributed by atoms with Crippen molar-refractivity contribution in [2.45, 2.75) is 89.1 Å². The molecule has 0 spiro atoms. The van der Waals surface area contributed by atoms with Crippen molar-refractivity contribution in [3.05, 3.63) is 12.2 Å². The third-order valence-corrected chi connectivity index (χ3v) is 4.47. The van der Waals surface area contributed by atoms with Crippen LogP contribution in [0, 0.1) is 0 Å². The number of hydrogen-bond acceptors (Lipinski definition) is 5. The molecule has 1 rings (SSSR count). The van der Waals surface area contributed by atoms with Gasteiger partial charge in [0.15, 0.2) is 0 Å². The van der Waals surface area contributed by atoms with Crippen LogP contribution in [0.3, 0.4) is 0 Å². The second-order valence-electron chi connectivity index (χ2n) is 6.62. The molecule has 1 fully saturated rings. The minimum absolute atomic E-state index is 0.0937. The average Bonchev–Trinajstić information content (AvgIpc) is 2.92. The van der Waals surface area contributed by atoms with Crippen molar-refractivity contribution < 1.29 is 24.8 Å². The lowest BCUT2D eigenvalue weighted by atomic mass is 10.1. The van der Waals surface area contributed by atoms with Crippen LogP contribution in [-0.2, 0) is 9.47 Å². The lowest BCUT2D eigenvalue weighted by Gasteiger charge is -2.24. The maximum absolute atomic E-state index is 9.78. The van der Waals surface area contributed by atoms with E-state index in [4.69, 9.17) is 9.47 Å². The molecular weight excluding hydrogens is 308 g/mol. The van der Waals surface area contributed by atoms with Crippen LogP contribution in [0.4, 0.5) is 0 Å². The molecule has 1 aliphatic heterocycles. The van der Waals surface area contributed by atoms with E-state index in [1.54, 1.807) is 0 Å². The van der Waals surface area contributed by atoms with E-state index in [1.807, 2.05) is 0 Å². The van der Waals surface area contributed by atoms with Crippen LogP contribution in [0.1, 0.15) is 64.7 Å². The Balaban J connectivity index is 1.98. The van der Waals surface area contributed by atoms with Crippen molar-refractivity contribution in [3.63, 3.8) is 0 Å². The van der Waals surface area contributed by atoms with Crippen LogP contribution < -0.4 is 0 Å². The van der Waals surface area contributed by atoms with Crippen molar-refractivity contribution in [3.8, 4) is 0 Å². The molecule has 5 nitrogen and oxygen atoms in total. The first kappa shape index (κ1) is 21.6. The molecule has 4 atom stereocenters. The number of rotatable bonds is 14. The van der Waals surface area contributed by atoms with Gasteiger partial charge in [0, 0.05) is 6.61 Å². The molecule has 0 aromatic heterocycles. The van der Waals surface area contributed by atoms with Crippen molar-refractivity contribution in [2.24, 2.45) is 0 Å². The number of aliphatic hydroxyl groups is 3. The number of ether oxygens (including phenoxy) is 2. The first-order chi connectivity index (χ1) is 11.7. The van der Waals surface area contributed by atoms with E-state index < -0.39 is 24.4 Å². The molecule has 0 unspecified atom stereocenters. The molecule has 1 heterocycles. The fourth-order valence-electron chi connectivity index (χ4n) is 2.90. The monoisotopic (exact) mass is 344 g/mol. The highest BCUT2D eigenvalue weighted by Crippen LogP contribution is 2.19. The highest BCUT2D eigenvalue weighted by molar-refractivity contribution is 4.88. The van der Waals surface area contributed by atoms with Crippen molar-refractivity contribution in [2.75, 3.05) is 19.8 Å². The third kappa shape index (κ3) is 8.58. The van der Waals surface area contributed by atoms with E-state index in [9.17, 15) is 15.3 Å². The Kier molecular flexibility index (Phi) is 12.4. The molecule has 24 heavy (non-hydrogen) atoms. The quantitative estimate of drug-likeness (QED) is 0.333. The summed E-state index contributed by atoms with van der Waals surface area (Å²) in [6.07, 6.45) is 12.2. The van der Waals surface area contributed by atoms with E-state index in [0.29, 0.717) is 6.61 Å². The van der Waals surface area contributed by atoms with Crippen LogP contribution in [0.5, 0.6) is 0 Å². The Hall–Kier alpha value is -0.460. The zero-order chi connectivity index (χ0) is 17.6. The lowest BCUT2D eigenvalue weighted by molar-refractivity contribution is -0.101. The molecule has 0 aromatic carbocycles. The van der Waals surface area contributed by atoms with E-state index >= 15 is 0 Å². The van der Waals surface area contributed by atoms with Gasteiger partial charge in [0.1, 0.15) is 24.4 Å². The Morgan fingerprint density at radius 2 is 1.71 bits per heavy atom. The average molecular weight is 344 g/mol. The maximum atomic E-state index is 9.78. The number of aliphatic hydroxyl groups excluding tert-OH is 3.